The normalized spacial score (nSPS) is 12.0. The van der Waals surface area contributed by atoms with Crippen LogP contribution in [0.5, 0.6) is 0 Å². The van der Waals surface area contributed by atoms with Crippen molar-refractivity contribution in [3.63, 3.8) is 0 Å². The van der Waals surface area contributed by atoms with Crippen LogP contribution in [-0.4, -0.2) is 20.1 Å². The van der Waals surface area contributed by atoms with Gasteiger partial charge in [0.2, 0.25) is 10.0 Å². The summed E-state index contributed by atoms with van der Waals surface area (Å²) >= 11 is 0.990. The Balaban J connectivity index is 2.16. The van der Waals surface area contributed by atoms with Gasteiger partial charge >= 0.3 is 6.18 Å². The molecule has 0 fully saturated rings. The minimum absolute atomic E-state index is 0.0296. The predicted molar refractivity (Wildman–Crippen MR) is 96.0 cm³/mol. The standard InChI is InChI=1S/C16H17F3N2O3S2/c1-2-3-9-26(23,24)21-13-7-8-25-14(13)15(22)20-12-6-4-5-11(10-12)16(17,18)19/h4-8,10,21H,2-3,9H2,1H3,(H,20,22). The van der Waals surface area contributed by atoms with E-state index in [-0.39, 0.29) is 22.0 Å². The van der Waals surface area contributed by atoms with Crippen molar-refractivity contribution in [2.75, 3.05) is 15.8 Å². The van der Waals surface area contributed by atoms with E-state index < -0.39 is 27.7 Å². The molecule has 0 saturated heterocycles. The zero-order valence-corrected chi connectivity index (χ0v) is 15.4. The molecule has 0 spiro atoms. The molecule has 1 aromatic carbocycles. The van der Waals surface area contributed by atoms with E-state index in [9.17, 15) is 26.4 Å². The Morgan fingerprint density at radius 2 is 1.96 bits per heavy atom. The molecule has 10 heteroatoms. The van der Waals surface area contributed by atoms with E-state index in [0.29, 0.717) is 12.8 Å². The molecule has 5 nitrogen and oxygen atoms in total. The van der Waals surface area contributed by atoms with Crippen molar-refractivity contribution in [2.24, 2.45) is 0 Å². The Bertz CT molecular complexity index is 877. The summed E-state index contributed by atoms with van der Waals surface area (Å²) in [5.41, 5.74) is -0.810. The Morgan fingerprint density at radius 3 is 2.62 bits per heavy atom. The fraction of sp³-hybridized carbons (Fsp3) is 0.312. The van der Waals surface area contributed by atoms with Crippen molar-refractivity contribution in [3.8, 4) is 0 Å². The number of unbranched alkanes of at least 4 members (excludes halogenated alkanes) is 1. The molecule has 0 aliphatic carbocycles. The van der Waals surface area contributed by atoms with Crippen LogP contribution >= 0.6 is 11.3 Å². The summed E-state index contributed by atoms with van der Waals surface area (Å²) in [5.74, 6) is -0.763. The van der Waals surface area contributed by atoms with Crippen molar-refractivity contribution >= 4 is 38.6 Å². The van der Waals surface area contributed by atoms with Crippen molar-refractivity contribution < 1.29 is 26.4 Å². The zero-order chi connectivity index (χ0) is 19.4. The molecule has 2 aromatic rings. The van der Waals surface area contributed by atoms with Crippen LogP contribution < -0.4 is 10.0 Å². The molecule has 1 heterocycles. The van der Waals surface area contributed by atoms with Gasteiger partial charge in [0.25, 0.3) is 5.91 Å². The monoisotopic (exact) mass is 406 g/mol. The number of anilines is 2. The van der Waals surface area contributed by atoms with Crippen LogP contribution in [0.1, 0.15) is 35.0 Å². The molecule has 2 N–H and O–H groups in total. The van der Waals surface area contributed by atoms with Crippen LogP contribution in [-0.2, 0) is 16.2 Å². The lowest BCUT2D eigenvalue weighted by atomic mass is 10.2. The largest absolute Gasteiger partial charge is 0.416 e. The Hall–Kier alpha value is -2.07. The van der Waals surface area contributed by atoms with E-state index in [1.165, 1.54) is 23.6 Å². The van der Waals surface area contributed by atoms with Crippen LogP contribution in [0.3, 0.4) is 0 Å². The van der Waals surface area contributed by atoms with Gasteiger partial charge in [-0.25, -0.2) is 8.42 Å². The van der Waals surface area contributed by atoms with Gasteiger partial charge < -0.3 is 5.32 Å². The van der Waals surface area contributed by atoms with Gasteiger partial charge in [0, 0.05) is 5.69 Å². The minimum atomic E-state index is -4.52. The van der Waals surface area contributed by atoms with E-state index in [4.69, 9.17) is 0 Å². The number of halogens is 3. The van der Waals surface area contributed by atoms with Crippen molar-refractivity contribution in [2.45, 2.75) is 25.9 Å². The van der Waals surface area contributed by atoms with Gasteiger partial charge in [0.1, 0.15) is 4.88 Å². The summed E-state index contributed by atoms with van der Waals surface area (Å²) in [7, 11) is -3.59. The molecule has 1 aromatic heterocycles. The van der Waals surface area contributed by atoms with Crippen LogP contribution in [0, 0.1) is 0 Å². The highest BCUT2D eigenvalue weighted by atomic mass is 32.2. The molecular formula is C16H17F3N2O3S2. The van der Waals surface area contributed by atoms with Gasteiger partial charge in [-0.2, -0.15) is 13.2 Å². The highest BCUT2D eigenvalue weighted by molar-refractivity contribution is 7.92. The molecule has 0 unspecified atom stereocenters. The molecule has 0 radical (unpaired) electrons. The second kappa shape index (κ2) is 8.09. The highest BCUT2D eigenvalue weighted by Crippen LogP contribution is 2.31. The molecule has 2 rings (SSSR count). The highest BCUT2D eigenvalue weighted by Gasteiger charge is 2.30. The first-order chi connectivity index (χ1) is 12.1. The molecule has 142 valence electrons. The maximum absolute atomic E-state index is 12.7. The average Bonchev–Trinajstić information content (AvgIpc) is 3.00. The molecule has 0 saturated carbocycles. The maximum Gasteiger partial charge on any atom is 0.416 e. The van der Waals surface area contributed by atoms with Gasteiger partial charge in [0.05, 0.1) is 17.0 Å². The lowest BCUT2D eigenvalue weighted by molar-refractivity contribution is -0.137. The van der Waals surface area contributed by atoms with Gasteiger partial charge in [-0.05, 0) is 36.1 Å². The van der Waals surface area contributed by atoms with E-state index in [1.54, 1.807) is 0 Å². The Kier molecular flexibility index (Phi) is 6.30. The summed E-state index contributed by atoms with van der Waals surface area (Å²) in [5, 5.41) is 3.89. The van der Waals surface area contributed by atoms with Crippen LogP contribution in [0.15, 0.2) is 35.7 Å². The molecule has 0 atom stereocenters. The number of hydrogen-bond acceptors (Lipinski definition) is 4. The second-order valence-electron chi connectivity index (χ2n) is 5.47. The first-order valence-corrected chi connectivity index (χ1v) is 10.2. The summed E-state index contributed by atoms with van der Waals surface area (Å²) in [6, 6.07) is 5.66. The SMILES string of the molecule is CCCCS(=O)(=O)Nc1ccsc1C(=O)Nc1cccc(C(F)(F)F)c1. The van der Waals surface area contributed by atoms with Crippen molar-refractivity contribution in [1.29, 1.82) is 0 Å². The zero-order valence-electron chi connectivity index (χ0n) is 13.8. The van der Waals surface area contributed by atoms with Gasteiger partial charge in [-0.15, -0.1) is 11.3 Å². The first kappa shape index (κ1) is 20.2. The van der Waals surface area contributed by atoms with E-state index >= 15 is 0 Å². The first-order valence-electron chi connectivity index (χ1n) is 7.69. The van der Waals surface area contributed by atoms with E-state index in [2.05, 4.69) is 10.0 Å². The van der Waals surface area contributed by atoms with Crippen LogP contribution in [0.4, 0.5) is 24.5 Å². The minimum Gasteiger partial charge on any atom is -0.321 e. The topological polar surface area (TPSA) is 75.3 Å². The van der Waals surface area contributed by atoms with Crippen LogP contribution in [0.25, 0.3) is 0 Å². The molecule has 0 aliphatic heterocycles. The number of benzene rings is 1. The lowest BCUT2D eigenvalue weighted by Crippen LogP contribution is -2.19. The third-order valence-electron chi connectivity index (χ3n) is 3.35. The Morgan fingerprint density at radius 1 is 1.23 bits per heavy atom. The van der Waals surface area contributed by atoms with Gasteiger partial charge in [-0.3, -0.25) is 9.52 Å². The fourth-order valence-corrected chi connectivity index (χ4v) is 4.16. The predicted octanol–water partition coefficient (Wildman–Crippen LogP) is 4.56. The second-order valence-corrected chi connectivity index (χ2v) is 8.23. The average molecular weight is 406 g/mol. The van der Waals surface area contributed by atoms with Crippen molar-refractivity contribution in [3.05, 3.63) is 46.2 Å². The maximum atomic E-state index is 12.7. The Labute approximate surface area is 153 Å². The summed E-state index contributed by atoms with van der Waals surface area (Å²) in [4.78, 5) is 12.4. The number of hydrogen-bond donors (Lipinski definition) is 2. The van der Waals surface area contributed by atoms with Gasteiger partial charge in [0.15, 0.2) is 0 Å². The molecule has 26 heavy (non-hydrogen) atoms. The quantitative estimate of drug-likeness (QED) is 0.708. The van der Waals surface area contributed by atoms with Gasteiger partial charge in [-0.1, -0.05) is 19.4 Å². The number of amides is 1. The fourth-order valence-electron chi connectivity index (χ4n) is 2.08. The number of rotatable bonds is 7. The lowest BCUT2D eigenvalue weighted by Gasteiger charge is -2.11. The number of thiophene rings is 1. The number of nitrogens with one attached hydrogen (secondary N) is 2. The molecule has 0 aliphatic rings. The number of carbonyl (C=O) groups excluding carboxylic acids is 1. The smallest absolute Gasteiger partial charge is 0.321 e. The number of alkyl halides is 3. The molecule has 1 amide bonds. The van der Waals surface area contributed by atoms with Crippen molar-refractivity contribution in [1.82, 2.24) is 0 Å². The van der Waals surface area contributed by atoms with Crippen LogP contribution in [0.2, 0.25) is 0 Å². The summed E-state index contributed by atoms with van der Waals surface area (Å²) in [6.07, 6.45) is -3.34. The molecule has 0 bridgehead atoms. The number of sulfonamides is 1. The third kappa shape index (κ3) is 5.46. The number of carbonyl (C=O) groups is 1. The molecular weight excluding hydrogens is 389 g/mol. The summed E-state index contributed by atoms with van der Waals surface area (Å²) in [6.45, 7) is 1.86. The summed E-state index contributed by atoms with van der Waals surface area (Å²) < 4.78 is 64.5. The van der Waals surface area contributed by atoms with E-state index in [0.717, 1.165) is 23.5 Å². The third-order valence-corrected chi connectivity index (χ3v) is 5.62. The van der Waals surface area contributed by atoms with E-state index in [1.807, 2.05) is 6.92 Å².